The highest BCUT2D eigenvalue weighted by Crippen LogP contribution is 2.23. The quantitative estimate of drug-likeness (QED) is 0.577. The Hall–Kier alpha value is -2.92. The molecule has 1 unspecified atom stereocenters. The fourth-order valence-corrected chi connectivity index (χ4v) is 3.34. The van der Waals surface area contributed by atoms with Gasteiger partial charge in [-0.3, -0.25) is 4.79 Å². The van der Waals surface area contributed by atoms with Crippen molar-refractivity contribution in [2.24, 2.45) is 5.73 Å². The third-order valence-electron chi connectivity index (χ3n) is 4.94. The number of imidazole rings is 1. The van der Waals surface area contributed by atoms with E-state index in [1.54, 1.807) is 12.5 Å². The second kappa shape index (κ2) is 9.85. The van der Waals surface area contributed by atoms with Crippen molar-refractivity contribution in [3.8, 4) is 0 Å². The van der Waals surface area contributed by atoms with Crippen LogP contribution in [0.2, 0.25) is 0 Å². The molecule has 1 heterocycles. The zero-order valence-electron chi connectivity index (χ0n) is 16.2. The Labute approximate surface area is 166 Å². The minimum absolute atomic E-state index is 0.0362. The number of hydrogen-bond donors (Lipinski definition) is 1. The topological polar surface area (TPSA) is 70.1 Å². The summed E-state index contributed by atoms with van der Waals surface area (Å²) in [5.41, 5.74) is 8.11. The predicted octanol–water partition coefficient (Wildman–Crippen LogP) is 4.15. The van der Waals surface area contributed by atoms with Crippen LogP contribution in [0.25, 0.3) is 0 Å². The van der Waals surface area contributed by atoms with Crippen molar-refractivity contribution in [1.82, 2.24) is 9.55 Å². The molecule has 2 aromatic carbocycles. The molecule has 0 spiro atoms. The molecule has 3 aromatic rings. The van der Waals surface area contributed by atoms with Gasteiger partial charge in [0, 0.05) is 6.20 Å². The van der Waals surface area contributed by atoms with E-state index in [2.05, 4.69) is 48.3 Å². The first kappa shape index (κ1) is 19.8. The van der Waals surface area contributed by atoms with Crippen molar-refractivity contribution in [2.45, 2.75) is 44.9 Å². The number of ether oxygens (including phenoxy) is 1. The van der Waals surface area contributed by atoms with E-state index in [1.165, 1.54) is 5.56 Å². The van der Waals surface area contributed by atoms with E-state index in [0.29, 0.717) is 6.61 Å². The van der Waals surface area contributed by atoms with Crippen LogP contribution in [0.1, 0.15) is 47.4 Å². The van der Waals surface area contributed by atoms with Crippen molar-refractivity contribution >= 4 is 5.91 Å². The van der Waals surface area contributed by atoms with Gasteiger partial charge < -0.3 is 15.0 Å². The van der Waals surface area contributed by atoms with Crippen molar-refractivity contribution < 1.29 is 9.53 Å². The highest BCUT2D eigenvalue weighted by molar-refractivity contribution is 5.90. The van der Waals surface area contributed by atoms with Gasteiger partial charge in [0.2, 0.25) is 0 Å². The minimum Gasteiger partial charge on any atom is -0.372 e. The lowest BCUT2D eigenvalue weighted by Crippen LogP contribution is -2.24. The molecule has 0 saturated heterocycles. The maximum atomic E-state index is 11.4. The lowest BCUT2D eigenvalue weighted by Gasteiger charge is -2.26. The van der Waals surface area contributed by atoms with Crippen LogP contribution in [0.5, 0.6) is 0 Å². The van der Waals surface area contributed by atoms with Crippen LogP contribution in [0.3, 0.4) is 0 Å². The SMILES string of the molecule is C[C@H](OCc1ccccc1)C(CCCc1ccccc1)n1cnc(C(N)=O)c1. The Morgan fingerprint density at radius 1 is 1.07 bits per heavy atom. The first-order valence-corrected chi connectivity index (χ1v) is 9.66. The fourth-order valence-electron chi connectivity index (χ4n) is 3.34. The van der Waals surface area contributed by atoms with Gasteiger partial charge in [-0.15, -0.1) is 0 Å². The summed E-state index contributed by atoms with van der Waals surface area (Å²) in [4.78, 5) is 15.6. The highest BCUT2D eigenvalue weighted by Gasteiger charge is 2.21. The largest absolute Gasteiger partial charge is 0.372 e. The van der Waals surface area contributed by atoms with Crippen LogP contribution >= 0.6 is 0 Å². The fraction of sp³-hybridized carbons (Fsp3) is 0.304. The summed E-state index contributed by atoms with van der Waals surface area (Å²) < 4.78 is 8.11. The van der Waals surface area contributed by atoms with Gasteiger partial charge in [-0.25, -0.2) is 4.98 Å². The van der Waals surface area contributed by atoms with E-state index in [9.17, 15) is 4.79 Å². The van der Waals surface area contributed by atoms with E-state index in [0.717, 1.165) is 24.8 Å². The number of amides is 1. The molecule has 0 aliphatic rings. The van der Waals surface area contributed by atoms with Crippen molar-refractivity contribution in [3.05, 3.63) is 90.0 Å². The molecule has 2 N–H and O–H groups in total. The molecule has 146 valence electrons. The van der Waals surface area contributed by atoms with Gasteiger partial charge in [0.05, 0.1) is 25.1 Å². The zero-order chi connectivity index (χ0) is 19.8. The van der Waals surface area contributed by atoms with Crippen LogP contribution in [-0.4, -0.2) is 21.6 Å². The van der Waals surface area contributed by atoms with Crippen LogP contribution in [0.15, 0.2) is 73.2 Å². The highest BCUT2D eigenvalue weighted by atomic mass is 16.5. The molecule has 5 nitrogen and oxygen atoms in total. The van der Waals surface area contributed by atoms with E-state index < -0.39 is 5.91 Å². The van der Waals surface area contributed by atoms with Crippen molar-refractivity contribution in [2.75, 3.05) is 0 Å². The Bertz CT molecular complexity index is 862. The molecule has 5 heteroatoms. The summed E-state index contributed by atoms with van der Waals surface area (Å²) >= 11 is 0. The summed E-state index contributed by atoms with van der Waals surface area (Å²) in [6.45, 7) is 2.62. The Morgan fingerprint density at radius 2 is 1.71 bits per heavy atom. The van der Waals surface area contributed by atoms with Crippen molar-refractivity contribution in [3.63, 3.8) is 0 Å². The number of nitrogens with zero attached hydrogens (tertiary/aromatic N) is 2. The summed E-state index contributed by atoms with van der Waals surface area (Å²) in [6, 6.07) is 20.6. The standard InChI is InChI=1S/C23H27N3O2/c1-18(28-16-20-11-6-3-7-12-20)22(26-15-21(23(24)27)25-17-26)14-8-13-19-9-4-2-5-10-19/h2-7,9-12,15,17-18,22H,8,13-14,16H2,1H3,(H2,24,27)/t18-,22?/m0/s1. The number of benzene rings is 2. The van der Waals surface area contributed by atoms with E-state index >= 15 is 0 Å². The first-order chi connectivity index (χ1) is 13.6. The molecule has 3 rings (SSSR count). The van der Waals surface area contributed by atoms with Gasteiger partial charge in [-0.05, 0) is 37.3 Å². The number of nitrogens with two attached hydrogens (primary N) is 1. The van der Waals surface area contributed by atoms with Gasteiger partial charge >= 0.3 is 0 Å². The molecule has 0 aliphatic carbocycles. The molecule has 0 bridgehead atoms. The van der Waals surface area contributed by atoms with Gasteiger partial charge in [0.1, 0.15) is 5.69 Å². The molecule has 0 radical (unpaired) electrons. The number of primary amides is 1. The maximum Gasteiger partial charge on any atom is 0.268 e. The molecule has 0 fully saturated rings. The van der Waals surface area contributed by atoms with Gasteiger partial charge in [-0.2, -0.15) is 0 Å². The molecule has 0 aliphatic heterocycles. The molecule has 0 saturated carbocycles. The van der Waals surface area contributed by atoms with Gasteiger partial charge in [-0.1, -0.05) is 60.7 Å². The predicted molar refractivity (Wildman–Crippen MR) is 110 cm³/mol. The normalized spacial score (nSPS) is 13.2. The number of carbonyl (C=O) groups is 1. The molecular weight excluding hydrogens is 350 g/mol. The van der Waals surface area contributed by atoms with E-state index in [4.69, 9.17) is 10.5 Å². The number of aryl methyl sites for hydroxylation is 1. The average Bonchev–Trinajstić information content (AvgIpc) is 3.21. The van der Waals surface area contributed by atoms with Crippen LogP contribution in [0, 0.1) is 0 Å². The molecule has 1 aromatic heterocycles. The maximum absolute atomic E-state index is 11.4. The van der Waals surface area contributed by atoms with Gasteiger partial charge in [0.15, 0.2) is 0 Å². The third kappa shape index (κ3) is 5.54. The van der Waals surface area contributed by atoms with Gasteiger partial charge in [0.25, 0.3) is 5.91 Å². The zero-order valence-corrected chi connectivity index (χ0v) is 16.2. The Balaban J connectivity index is 1.66. The van der Waals surface area contributed by atoms with Crippen LogP contribution < -0.4 is 5.73 Å². The van der Waals surface area contributed by atoms with Crippen LogP contribution in [0.4, 0.5) is 0 Å². The number of carbonyl (C=O) groups excluding carboxylic acids is 1. The molecule has 2 atom stereocenters. The van der Waals surface area contributed by atoms with E-state index in [1.807, 2.05) is 28.8 Å². The second-order valence-electron chi connectivity index (χ2n) is 7.02. The second-order valence-corrected chi connectivity index (χ2v) is 7.02. The lowest BCUT2D eigenvalue weighted by atomic mass is 10.0. The smallest absolute Gasteiger partial charge is 0.268 e. The number of aromatic nitrogens is 2. The summed E-state index contributed by atoms with van der Waals surface area (Å²) in [7, 11) is 0. The lowest BCUT2D eigenvalue weighted by molar-refractivity contribution is 0.0142. The summed E-state index contributed by atoms with van der Waals surface area (Å²) in [5.74, 6) is -0.514. The van der Waals surface area contributed by atoms with E-state index in [-0.39, 0.29) is 17.8 Å². The average molecular weight is 377 g/mol. The monoisotopic (exact) mass is 377 g/mol. The number of hydrogen-bond acceptors (Lipinski definition) is 3. The Kier molecular flexibility index (Phi) is 6.98. The summed E-state index contributed by atoms with van der Waals surface area (Å²) in [6.07, 6.45) is 6.29. The minimum atomic E-state index is -0.514. The Morgan fingerprint density at radius 3 is 2.32 bits per heavy atom. The summed E-state index contributed by atoms with van der Waals surface area (Å²) in [5, 5.41) is 0. The van der Waals surface area contributed by atoms with Crippen LogP contribution in [-0.2, 0) is 17.8 Å². The first-order valence-electron chi connectivity index (χ1n) is 9.66. The van der Waals surface area contributed by atoms with Crippen molar-refractivity contribution in [1.29, 1.82) is 0 Å². The third-order valence-corrected chi connectivity index (χ3v) is 4.94. The molecule has 1 amide bonds. The molecule has 28 heavy (non-hydrogen) atoms. The molecular formula is C23H27N3O2. The number of rotatable bonds is 10.